The Hall–Kier alpha value is -4.17. The van der Waals surface area contributed by atoms with Gasteiger partial charge in [0.1, 0.15) is 11.9 Å². The van der Waals surface area contributed by atoms with Crippen LogP contribution >= 0.6 is 11.6 Å². The quantitative estimate of drug-likeness (QED) is 0.333. The lowest BCUT2D eigenvalue weighted by Gasteiger charge is -2.18. The Kier molecular flexibility index (Phi) is 7.36. The Bertz CT molecular complexity index is 1490. The number of carbonyl (C=O) groups excluding carboxylic acids is 1. The second kappa shape index (κ2) is 10.6. The first kappa shape index (κ1) is 24.9. The number of aromatic nitrogens is 2. The van der Waals surface area contributed by atoms with Gasteiger partial charge in [-0.05, 0) is 35.4 Å². The van der Waals surface area contributed by atoms with Crippen LogP contribution < -0.4 is 5.56 Å². The molecule has 36 heavy (non-hydrogen) atoms. The van der Waals surface area contributed by atoms with Crippen LogP contribution in [0.2, 0.25) is 5.02 Å². The highest BCUT2D eigenvalue weighted by molar-refractivity contribution is 6.31. The standard InChI is InChI=1S/C27H19ClF2N2O4/c28-20-10-11-21(29)25(26(20)30)19-14-24(34)32(31-15-19)22(12-16-4-2-1-3-5-16)23(33)13-17-6-8-18(9-7-17)27(35)36/h1-11,14-15,22H,12-13H2,(H,35,36)/t22-/m0/s1. The summed E-state index contributed by atoms with van der Waals surface area (Å²) in [6.45, 7) is 0. The Morgan fingerprint density at radius 1 is 0.972 bits per heavy atom. The zero-order valence-corrected chi connectivity index (χ0v) is 19.5. The number of aromatic carboxylic acids is 1. The molecule has 1 N–H and O–H groups in total. The molecule has 0 aliphatic rings. The fourth-order valence-corrected chi connectivity index (χ4v) is 4.00. The maximum atomic E-state index is 14.5. The summed E-state index contributed by atoms with van der Waals surface area (Å²) in [7, 11) is 0. The zero-order valence-electron chi connectivity index (χ0n) is 18.7. The van der Waals surface area contributed by atoms with Crippen molar-refractivity contribution in [3.8, 4) is 11.1 Å². The van der Waals surface area contributed by atoms with E-state index in [0.717, 1.165) is 34.6 Å². The number of hydrogen-bond donors (Lipinski definition) is 1. The van der Waals surface area contributed by atoms with E-state index in [0.29, 0.717) is 5.56 Å². The molecule has 0 aliphatic carbocycles. The number of carboxylic acid groups (broad SMARTS) is 1. The SMILES string of the molecule is O=C(O)c1ccc(CC(=O)[C@H](Cc2ccccc2)n2ncc(-c3c(F)ccc(Cl)c3F)cc2=O)cc1. The fourth-order valence-electron chi connectivity index (χ4n) is 3.84. The number of benzene rings is 3. The number of halogens is 3. The summed E-state index contributed by atoms with van der Waals surface area (Å²) in [6, 6.07) is 16.9. The van der Waals surface area contributed by atoms with Gasteiger partial charge >= 0.3 is 5.97 Å². The van der Waals surface area contributed by atoms with Crippen LogP contribution in [0.25, 0.3) is 11.1 Å². The van der Waals surface area contributed by atoms with E-state index in [1.54, 1.807) is 24.3 Å². The van der Waals surface area contributed by atoms with Gasteiger partial charge in [-0.15, -0.1) is 0 Å². The minimum atomic E-state index is -1.08. The minimum Gasteiger partial charge on any atom is -0.478 e. The van der Waals surface area contributed by atoms with Crippen molar-refractivity contribution in [3.05, 3.63) is 123 Å². The first-order valence-electron chi connectivity index (χ1n) is 10.9. The van der Waals surface area contributed by atoms with Crippen LogP contribution in [0.15, 0.2) is 83.8 Å². The van der Waals surface area contributed by atoms with Gasteiger partial charge in [-0.3, -0.25) is 9.59 Å². The molecule has 9 heteroatoms. The second-order valence-electron chi connectivity index (χ2n) is 8.10. The molecule has 0 fully saturated rings. The minimum absolute atomic E-state index is 0.0786. The van der Waals surface area contributed by atoms with Crippen LogP contribution in [0, 0.1) is 11.6 Å². The molecule has 0 saturated heterocycles. The van der Waals surface area contributed by atoms with Gasteiger partial charge in [-0.1, -0.05) is 54.1 Å². The largest absolute Gasteiger partial charge is 0.478 e. The van der Waals surface area contributed by atoms with E-state index in [2.05, 4.69) is 5.10 Å². The van der Waals surface area contributed by atoms with Crippen molar-refractivity contribution in [2.45, 2.75) is 18.9 Å². The van der Waals surface area contributed by atoms with E-state index in [1.807, 2.05) is 6.07 Å². The van der Waals surface area contributed by atoms with E-state index < -0.39 is 34.8 Å². The Morgan fingerprint density at radius 2 is 1.67 bits per heavy atom. The molecular formula is C27H19ClF2N2O4. The molecule has 4 aromatic rings. The number of nitrogens with zero attached hydrogens (tertiary/aromatic N) is 2. The lowest BCUT2D eigenvalue weighted by molar-refractivity contribution is -0.122. The van der Waals surface area contributed by atoms with Crippen LogP contribution in [0.5, 0.6) is 0 Å². The second-order valence-corrected chi connectivity index (χ2v) is 8.50. The molecule has 0 unspecified atom stereocenters. The molecule has 0 bridgehead atoms. The Balaban J connectivity index is 1.70. The molecule has 0 amide bonds. The van der Waals surface area contributed by atoms with Gasteiger partial charge in [0.2, 0.25) is 0 Å². The monoisotopic (exact) mass is 508 g/mol. The van der Waals surface area contributed by atoms with Gasteiger partial charge in [0.15, 0.2) is 11.6 Å². The number of rotatable bonds is 8. The van der Waals surface area contributed by atoms with Crippen molar-refractivity contribution in [1.29, 1.82) is 0 Å². The molecule has 1 aromatic heterocycles. The van der Waals surface area contributed by atoms with Crippen molar-refractivity contribution in [2.75, 3.05) is 0 Å². The normalized spacial score (nSPS) is 11.8. The molecule has 1 atom stereocenters. The summed E-state index contributed by atoms with van der Waals surface area (Å²) >= 11 is 5.77. The highest BCUT2D eigenvalue weighted by atomic mass is 35.5. The molecule has 0 aliphatic heterocycles. The summed E-state index contributed by atoms with van der Waals surface area (Å²) in [5, 5.41) is 12.9. The molecule has 3 aromatic carbocycles. The molecule has 0 saturated carbocycles. The summed E-state index contributed by atoms with van der Waals surface area (Å²) < 4.78 is 29.8. The first-order chi connectivity index (χ1) is 17.2. The number of hydrogen-bond acceptors (Lipinski definition) is 4. The Morgan fingerprint density at radius 3 is 2.31 bits per heavy atom. The van der Waals surface area contributed by atoms with Gasteiger partial charge in [0.25, 0.3) is 5.56 Å². The molecule has 6 nitrogen and oxygen atoms in total. The maximum Gasteiger partial charge on any atom is 0.335 e. The summed E-state index contributed by atoms with van der Waals surface area (Å²) in [6.07, 6.45) is 1.19. The van der Waals surface area contributed by atoms with E-state index in [4.69, 9.17) is 16.7 Å². The maximum absolute atomic E-state index is 14.5. The Labute approximate surface area is 209 Å². The fraction of sp³-hybridized carbons (Fsp3) is 0.111. The van der Waals surface area contributed by atoms with Crippen molar-refractivity contribution in [3.63, 3.8) is 0 Å². The molecular weight excluding hydrogens is 490 g/mol. The van der Waals surface area contributed by atoms with Crippen molar-refractivity contribution >= 4 is 23.4 Å². The third kappa shape index (κ3) is 5.39. The van der Waals surface area contributed by atoms with E-state index in [1.165, 1.54) is 24.3 Å². The highest BCUT2D eigenvalue weighted by Crippen LogP contribution is 2.29. The van der Waals surface area contributed by atoms with E-state index in [9.17, 15) is 23.2 Å². The number of carbonyl (C=O) groups is 2. The number of carboxylic acids is 1. The van der Waals surface area contributed by atoms with E-state index >= 15 is 0 Å². The van der Waals surface area contributed by atoms with E-state index in [-0.39, 0.29) is 34.8 Å². The number of ketones is 1. The van der Waals surface area contributed by atoms with Crippen LogP contribution in [-0.4, -0.2) is 26.6 Å². The van der Waals surface area contributed by atoms with Gasteiger partial charge in [-0.25, -0.2) is 18.3 Å². The average molecular weight is 509 g/mol. The van der Waals surface area contributed by atoms with Gasteiger partial charge in [0, 0.05) is 24.5 Å². The first-order valence-corrected chi connectivity index (χ1v) is 11.2. The smallest absolute Gasteiger partial charge is 0.335 e. The predicted octanol–water partition coefficient (Wildman–Crippen LogP) is 5.14. The van der Waals surface area contributed by atoms with Gasteiger partial charge in [-0.2, -0.15) is 5.10 Å². The van der Waals surface area contributed by atoms with Crippen molar-refractivity contribution < 1.29 is 23.5 Å². The summed E-state index contributed by atoms with van der Waals surface area (Å²) in [5.41, 5.74) is 0.118. The van der Waals surface area contributed by atoms with Crippen LogP contribution in [0.4, 0.5) is 8.78 Å². The summed E-state index contributed by atoms with van der Waals surface area (Å²) in [4.78, 5) is 37.5. The molecule has 0 spiro atoms. The zero-order chi connectivity index (χ0) is 25.8. The molecule has 182 valence electrons. The van der Waals surface area contributed by atoms with Crippen LogP contribution in [0.3, 0.4) is 0 Å². The molecule has 4 rings (SSSR count). The average Bonchev–Trinajstić information content (AvgIpc) is 2.86. The molecule has 1 heterocycles. The van der Waals surface area contributed by atoms with Gasteiger partial charge < -0.3 is 5.11 Å². The third-order valence-electron chi connectivity index (χ3n) is 5.68. The van der Waals surface area contributed by atoms with Gasteiger partial charge in [0.05, 0.1) is 22.3 Å². The van der Waals surface area contributed by atoms with Crippen molar-refractivity contribution in [1.82, 2.24) is 9.78 Å². The summed E-state index contributed by atoms with van der Waals surface area (Å²) in [5.74, 6) is -3.35. The topological polar surface area (TPSA) is 89.3 Å². The third-order valence-corrected chi connectivity index (χ3v) is 5.97. The highest BCUT2D eigenvalue weighted by Gasteiger charge is 2.25. The van der Waals surface area contributed by atoms with Crippen LogP contribution in [-0.2, 0) is 17.6 Å². The van der Waals surface area contributed by atoms with Crippen LogP contribution in [0.1, 0.15) is 27.5 Å². The predicted molar refractivity (Wildman–Crippen MR) is 130 cm³/mol. The van der Waals surface area contributed by atoms with Crippen molar-refractivity contribution in [2.24, 2.45) is 0 Å². The number of Topliss-reactive ketones (excluding diaryl/α,β-unsaturated/α-hetero) is 1. The lowest BCUT2D eigenvalue weighted by atomic mass is 9.97. The molecule has 0 radical (unpaired) electrons. The lowest BCUT2D eigenvalue weighted by Crippen LogP contribution is -2.34.